The molecular weight excluding hydrogens is 294 g/mol. The van der Waals surface area contributed by atoms with Gasteiger partial charge in [-0.15, -0.1) is 0 Å². The summed E-state index contributed by atoms with van der Waals surface area (Å²) in [6.45, 7) is 0.713. The van der Waals surface area contributed by atoms with Crippen molar-refractivity contribution < 1.29 is 9.32 Å². The summed E-state index contributed by atoms with van der Waals surface area (Å²) in [5.41, 5.74) is 1.99. The Balaban J connectivity index is 1.69. The monoisotopic (exact) mass is 311 g/mol. The maximum absolute atomic E-state index is 12.2. The van der Waals surface area contributed by atoms with Gasteiger partial charge in [0.15, 0.2) is 17.3 Å². The highest BCUT2D eigenvalue weighted by Gasteiger charge is 2.15. The molecule has 2 N–H and O–H groups in total. The van der Waals surface area contributed by atoms with Crippen LogP contribution in [0.5, 0.6) is 0 Å². The van der Waals surface area contributed by atoms with Gasteiger partial charge in [0.25, 0.3) is 5.91 Å². The minimum absolute atomic E-state index is 0.209. The average Bonchev–Trinajstić information content (AvgIpc) is 3.17. The normalized spacial score (nSPS) is 10.9. The average molecular weight is 311 g/mol. The van der Waals surface area contributed by atoms with Crippen molar-refractivity contribution in [3.05, 3.63) is 53.9 Å². The number of aromatic amines is 1. The molecule has 23 heavy (non-hydrogen) atoms. The van der Waals surface area contributed by atoms with Crippen LogP contribution in [0.2, 0.25) is 0 Å². The zero-order valence-corrected chi connectivity index (χ0v) is 12.9. The molecule has 0 fully saturated rings. The van der Waals surface area contributed by atoms with Crippen LogP contribution in [0.3, 0.4) is 0 Å². The molecule has 118 valence electrons. The van der Waals surface area contributed by atoms with Crippen molar-refractivity contribution in [2.24, 2.45) is 0 Å². The third-order valence-electron chi connectivity index (χ3n) is 3.16. The van der Waals surface area contributed by atoms with Crippen molar-refractivity contribution in [3.8, 4) is 11.3 Å². The van der Waals surface area contributed by atoms with E-state index in [4.69, 9.17) is 4.52 Å². The lowest BCUT2D eigenvalue weighted by molar-refractivity contribution is 0.101. The first-order valence-corrected chi connectivity index (χ1v) is 7.14. The molecule has 7 heteroatoms. The highest BCUT2D eigenvalue weighted by Crippen LogP contribution is 2.20. The molecule has 0 aliphatic heterocycles. The topological polar surface area (TPSA) is 87.1 Å². The number of nitrogens with zero attached hydrogens (tertiary/aromatic N) is 3. The largest absolute Gasteiger partial charge is 0.355 e. The van der Waals surface area contributed by atoms with Gasteiger partial charge in [-0.3, -0.25) is 9.89 Å². The lowest BCUT2D eigenvalue weighted by Gasteiger charge is -2.05. The quantitative estimate of drug-likeness (QED) is 0.755. The second kappa shape index (κ2) is 6.45. The summed E-state index contributed by atoms with van der Waals surface area (Å²) in [5.74, 6) is 0.640. The summed E-state index contributed by atoms with van der Waals surface area (Å²) in [5, 5.41) is 13.4. The summed E-state index contributed by atoms with van der Waals surface area (Å²) < 4.78 is 5.22. The van der Waals surface area contributed by atoms with Gasteiger partial charge < -0.3 is 14.7 Å². The molecule has 0 saturated heterocycles. The Morgan fingerprint density at radius 2 is 2.04 bits per heavy atom. The third kappa shape index (κ3) is 3.64. The van der Waals surface area contributed by atoms with Crippen molar-refractivity contribution in [1.29, 1.82) is 0 Å². The summed E-state index contributed by atoms with van der Waals surface area (Å²) >= 11 is 0. The maximum Gasteiger partial charge on any atom is 0.279 e. The van der Waals surface area contributed by atoms with Crippen LogP contribution in [0, 0.1) is 0 Å². The van der Waals surface area contributed by atoms with E-state index < -0.39 is 0 Å². The number of amides is 1. The van der Waals surface area contributed by atoms with E-state index >= 15 is 0 Å². The van der Waals surface area contributed by atoms with Gasteiger partial charge in [-0.25, -0.2) is 0 Å². The van der Waals surface area contributed by atoms with Gasteiger partial charge in [-0.05, 0) is 14.1 Å². The fourth-order valence-electron chi connectivity index (χ4n) is 2.15. The van der Waals surface area contributed by atoms with Crippen molar-refractivity contribution in [3.63, 3.8) is 0 Å². The van der Waals surface area contributed by atoms with E-state index in [0.29, 0.717) is 18.1 Å². The maximum atomic E-state index is 12.2. The molecule has 0 atom stereocenters. The minimum atomic E-state index is -0.362. The molecule has 1 aromatic carbocycles. The number of H-pyrrole nitrogens is 1. The van der Waals surface area contributed by atoms with E-state index in [1.807, 2.05) is 49.3 Å². The van der Waals surface area contributed by atoms with E-state index in [1.54, 1.807) is 12.1 Å². The second-order valence-electron chi connectivity index (χ2n) is 5.41. The first kappa shape index (κ1) is 15.0. The van der Waals surface area contributed by atoms with Gasteiger partial charge in [0.2, 0.25) is 0 Å². The second-order valence-corrected chi connectivity index (χ2v) is 5.41. The number of rotatable bonds is 5. The highest BCUT2D eigenvalue weighted by atomic mass is 16.5. The Labute approximate surface area is 133 Å². The van der Waals surface area contributed by atoms with Crippen LogP contribution in [0.1, 0.15) is 16.2 Å². The third-order valence-corrected chi connectivity index (χ3v) is 3.16. The van der Waals surface area contributed by atoms with E-state index in [2.05, 4.69) is 20.7 Å². The molecule has 0 bridgehead atoms. The molecule has 0 aliphatic rings. The smallest absolute Gasteiger partial charge is 0.279 e. The van der Waals surface area contributed by atoms with Gasteiger partial charge in [0.1, 0.15) is 0 Å². The Morgan fingerprint density at radius 1 is 1.26 bits per heavy atom. The zero-order chi connectivity index (χ0) is 16.2. The molecule has 0 radical (unpaired) electrons. The van der Waals surface area contributed by atoms with Crippen LogP contribution >= 0.6 is 0 Å². The van der Waals surface area contributed by atoms with E-state index in [0.717, 1.165) is 11.3 Å². The molecule has 1 amide bonds. The Morgan fingerprint density at radius 3 is 2.78 bits per heavy atom. The standard InChI is InChI=1S/C16H17N5O2/c1-21(2)10-12-8-15(19-18-12)17-16(22)13-9-14(23-20-13)11-6-4-3-5-7-11/h3-9H,10H2,1-2H3,(H2,17,18,19,22). The van der Waals surface area contributed by atoms with Crippen molar-refractivity contribution in [2.75, 3.05) is 19.4 Å². The highest BCUT2D eigenvalue weighted by molar-refractivity contribution is 6.02. The van der Waals surface area contributed by atoms with E-state index in [-0.39, 0.29) is 11.6 Å². The molecule has 7 nitrogen and oxygen atoms in total. The Kier molecular flexibility index (Phi) is 4.20. The van der Waals surface area contributed by atoms with E-state index in [9.17, 15) is 4.79 Å². The van der Waals surface area contributed by atoms with Crippen LogP contribution < -0.4 is 5.32 Å². The number of anilines is 1. The number of hydrogen-bond acceptors (Lipinski definition) is 5. The fraction of sp³-hybridized carbons (Fsp3) is 0.188. The Hall–Kier alpha value is -2.93. The van der Waals surface area contributed by atoms with Gasteiger partial charge in [0.05, 0.1) is 5.69 Å². The number of benzene rings is 1. The summed E-state index contributed by atoms with van der Waals surface area (Å²) in [4.78, 5) is 14.2. The van der Waals surface area contributed by atoms with Gasteiger partial charge in [-0.2, -0.15) is 5.10 Å². The van der Waals surface area contributed by atoms with Gasteiger partial charge >= 0.3 is 0 Å². The van der Waals surface area contributed by atoms with Crippen LogP contribution in [0.25, 0.3) is 11.3 Å². The fourth-order valence-corrected chi connectivity index (χ4v) is 2.15. The van der Waals surface area contributed by atoms with Crippen molar-refractivity contribution in [2.45, 2.75) is 6.54 Å². The molecule has 0 spiro atoms. The van der Waals surface area contributed by atoms with Gasteiger partial charge in [-0.1, -0.05) is 35.5 Å². The van der Waals surface area contributed by atoms with E-state index in [1.165, 1.54) is 0 Å². The van der Waals surface area contributed by atoms with Crippen LogP contribution in [0.4, 0.5) is 5.82 Å². The summed E-state index contributed by atoms with van der Waals surface area (Å²) in [6, 6.07) is 12.9. The minimum Gasteiger partial charge on any atom is -0.355 e. The lowest BCUT2D eigenvalue weighted by Crippen LogP contribution is -2.12. The predicted molar refractivity (Wildman–Crippen MR) is 85.9 cm³/mol. The molecule has 3 aromatic rings. The number of aromatic nitrogens is 3. The number of hydrogen-bond donors (Lipinski definition) is 2. The predicted octanol–water partition coefficient (Wildman–Crippen LogP) is 2.38. The number of nitrogens with one attached hydrogen (secondary N) is 2. The molecular formula is C16H17N5O2. The summed E-state index contributed by atoms with van der Waals surface area (Å²) in [6.07, 6.45) is 0. The van der Waals surface area contributed by atoms with Crippen LogP contribution in [-0.2, 0) is 6.54 Å². The molecule has 3 rings (SSSR count). The molecule has 2 heterocycles. The first-order valence-electron chi connectivity index (χ1n) is 7.14. The number of carbonyl (C=O) groups excluding carboxylic acids is 1. The Bertz CT molecular complexity index is 792. The SMILES string of the molecule is CN(C)Cc1cc(NC(=O)c2cc(-c3ccccc3)on2)n[nH]1. The van der Waals surface area contributed by atoms with Crippen LogP contribution in [0.15, 0.2) is 47.0 Å². The van der Waals surface area contributed by atoms with Crippen molar-refractivity contribution in [1.82, 2.24) is 20.3 Å². The molecule has 0 unspecified atom stereocenters. The zero-order valence-electron chi connectivity index (χ0n) is 12.9. The molecule has 0 saturated carbocycles. The van der Waals surface area contributed by atoms with Crippen molar-refractivity contribution >= 4 is 11.7 Å². The van der Waals surface area contributed by atoms with Gasteiger partial charge in [0, 0.05) is 24.2 Å². The number of carbonyl (C=O) groups is 1. The lowest BCUT2D eigenvalue weighted by atomic mass is 10.1. The summed E-state index contributed by atoms with van der Waals surface area (Å²) in [7, 11) is 3.92. The molecule has 0 aliphatic carbocycles. The van der Waals surface area contributed by atoms with Crippen LogP contribution in [-0.4, -0.2) is 40.3 Å². The molecule has 2 aromatic heterocycles. The first-order chi connectivity index (χ1) is 11.1.